The minimum absolute atomic E-state index is 0.0794. The molecule has 0 aromatic carbocycles. The molecule has 174 valence electrons. The third kappa shape index (κ3) is 3.70. The van der Waals surface area contributed by atoms with Crippen molar-refractivity contribution in [3.05, 3.63) is 0 Å². The van der Waals surface area contributed by atoms with Crippen LogP contribution in [0.3, 0.4) is 0 Å². The summed E-state index contributed by atoms with van der Waals surface area (Å²) in [6.07, 6.45) is 11.1. The lowest BCUT2D eigenvalue weighted by atomic mass is 9.45. The average Bonchev–Trinajstić information content (AvgIpc) is 3.35. The highest BCUT2D eigenvalue weighted by molar-refractivity contribution is 5.85. The first-order chi connectivity index (χ1) is 14.9. The maximum absolute atomic E-state index is 10.6. The highest BCUT2D eigenvalue weighted by Gasteiger charge is 2.59. The maximum atomic E-state index is 10.6. The largest absolute Gasteiger partial charge is 0.396 e. The molecule has 4 fully saturated rings. The van der Waals surface area contributed by atoms with E-state index in [9.17, 15) is 5.11 Å². The lowest BCUT2D eigenvalue weighted by molar-refractivity contribution is -0.112. The summed E-state index contributed by atoms with van der Waals surface area (Å²) in [4.78, 5) is 15.3. The van der Waals surface area contributed by atoms with Crippen LogP contribution in [0.2, 0.25) is 0 Å². The number of amidine groups is 1. The first-order valence-electron chi connectivity index (χ1n) is 12.5. The van der Waals surface area contributed by atoms with Gasteiger partial charge < -0.3 is 15.7 Å². The van der Waals surface area contributed by atoms with Crippen molar-refractivity contribution in [2.45, 2.75) is 90.4 Å². The van der Waals surface area contributed by atoms with E-state index in [2.05, 4.69) is 29.5 Å². The van der Waals surface area contributed by atoms with Crippen LogP contribution >= 0.6 is 0 Å². The molecule has 0 saturated heterocycles. The first kappa shape index (κ1) is 21.7. The molecule has 0 bridgehead atoms. The Kier molecular flexibility index (Phi) is 5.80. The van der Waals surface area contributed by atoms with Gasteiger partial charge in [0.25, 0.3) is 0 Å². The van der Waals surface area contributed by atoms with Crippen LogP contribution in [0.15, 0.2) is 10.1 Å². The number of nitrogens with two attached hydrogens (primary N) is 1. The highest BCUT2D eigenvalue weighted by Crippen LogP contribution is 2.65. The van der Waals surface area contributed by atoms with E-state index in [1.807, 2.05) is 0 Å². The van der Waals surface area contributed by atoms with Crippen molar-refractivity contribution >= 4 is 11.5 Å². The van der Waals surface area contributed by atoms with E-state index in [1.54, 1.807) is 0 Å². The van der Waals surface area contributed by atoms with Crippen LogP contribution in [-0.2, 0) is 9.68 Å². The molecule has 0 spiro atoms. The molecule has 8 unspecified atom stereocenters. The number of hydrogen-bond acceptors (Lipinski definition) is 7. The van der Waals surface area contributed by atoms with E-state index >= 15 is 0 Å². The van der Waals surface area contributed by atoms with Gasteiger partial charge in [-0.25, -0.2) is 15.3 Å². The topological polar surface area (TPSA) is 101 Å². The summed E-state index contributed by atoms with van der Waals surface area (Å²) < 4.78 is 0. The molecular weight excluding hydrogens is 392 g/mol. The zero-order valence-corrected chi connectivity index (χ0v) is 19.2. The Morgan fingerprint density at radius 1 is 1.16 bits per heavy atom. The molecule has 31 heavy (non-hydrogen) atoms. The zero-order valence-electron chi connectivity index (χ0n) is 19.2. The predicted octanol–water partition coefficient (Wildman–Crippen LogP) is 3.37. The standard InChI is InChI=1S/C24H40N4O3/c1-23-10-7-16(27-30-12-9-22-26-21(14-25)28-31-22)13-15(23)3-4-17-18-5-6-20(29)24(18,2)11-8-19(17)23/h15,17-20,22,29H,3-14,25H2,1-2H3,(H,26,28). The maximum Gasteiger partial charge on any atom is 0.180 e. The predicted molar refractivity (Wildman–Crippen MR) is 120 cm³/mol. The van der Waals surface area contributed by atoms with Crippen LogP contribution < -0.4 is 11.2 Å². The summed E-state index contributed by atoms with van der Waals surface area (Å²) in [5, 5.41) is 15.2. The van der Waals surface area contributed by atoms with Crippen molar-refractivity contribution < 1.29 is 14.8 Å². The van der Waals surface area contributed by atoms with Gasteiger partial charge in [-0.05, 0) is 92.3 Å². The van der Waals surface area contributed by atoms with Gasteiger partial charge in [0.05, 0.1) is 18.4 Å². The number of hydroxylamine groups is 1. The molecule has 8 atom stereocenters. The number of nitrogens with one attached hydrogen (secondary N) is 1. The third-order valence-corrected chi connectivity index (χ3v) is 9.91. The fraction of sp³-hybridized carbons (Fsp3) is 0.917. The Balaban J connectivity index is 1.17. The van der Waals surface area contributed by atoms with Crippen molar-refractivity contribution in [2.24, 2.45) is 50.4 Å². The molecule has 5 rings (SSSR count). The van der Waals surface area contributed by atoms with Crippen molar-refractivity contribution in [1.29, 1.82) is 0 Å². The molecule has 4 aliphatic carbocycles. The van der Waals surface area contributed by atoms with Crippen LogP contribution in [0.1, 0.15) is 78.1 Å². The summed E-state index contributed by atoms with van der Waals surface area (Å²) in [6, 6.07) is 0. The normalized spacial score (nSPS) is 47.9. The van der Waals surface area contributed by atoms with Crippen molar-refractivity contribution in [1.82, 2.24) is 5.48 Å². The van der Waals surface area contributed by atoms with E-state index in [4.69, 9.17) is 15.4 Å². The molecule has 7 heteroatoms. The van der Waals surface area contributed by atoms with Gasteiger partial charge in [-0.1, -0.05) is 19.0 Å². The molecule has 1 aliphatic heterocycles. The van der Waals surface area contributed by atoms with Gasteiger partial charge in [0.2, 0.25) is 0 Å². The molecule has 0 aromatic heterocycles. The summed E-state index contributed by atoms with van der Waals surface area (Å²) in [6.45, 7) is 5.81. The summed E-state index contributed by atoms with van der Waals surface area (Å²) in [7, 11) is 0. The number of aliphatic hydroxyl groups is 1. The molecule has 4 saturated carbocycles. The first-order valence-corrected chi connectivity index (χ1v) is 12.5. The van der Waals surface area contributed by atoms with Crippen molar-refractivity contribution in [3.8, 4) is 0 Å². The monoisotopic (exact) mass is 432 g/mol. The highest BCUT2D eigenvalue weighted by atomic mass is 16.7. The van der Waals surface area contributed by atoms with Crippen LogP contribution in [-0.4, -0.2) is 42.1 Å². The van der Waals surface area contributed by atoms with E-state index in [1.165, 1.54) is 44.2 Å². The van der Waals surface area contributed by atoms with E-state index in [0.717, 1.165) is 42.9 Å². The van der Waals surface area contributed by atoms with E-state index < -0.39 is 0 Å². The zero-order chi connectivity index (χ0) is 21.6. The van der Waals surface area contributed by atoms with Gasteiger partial charge in [-0.15, -0.1) is 0 Å². The van der Waals surface area contributed by atoms with Crippen LogP contribution in [0.25, 0.3) is 0 Å². The van der Waals surface area contributed by atoms with Crippen LogP contribution in [0, 0.1) is 34.5 Å². The number of aliphatic imine (C=N–C) groups is 1. The van der Waals surface area contributed by atoms with Gasteiger partial charge in [0, 0.05) is 6.42 Å². The number of oxime groups is 1. The minimum atomic E-state index is -0.227. The average molecular weight is 433 g/mol. The number of hydrogen-bond donors (Lipinski definition) is 3. The molecule has 0 aromatic rings. The molecule has 4 N–H and O–H groups in total. The quantitative estimate of drug-likeness (QED) is 0.457. The summed E-state index contributed by atoms with van der Waals surface area (Å²) in [5.41, 5.74) is 10.1. The second-order valence-electron chi connectivity index (χ2n) is 11.2. The van der Waals surface area contributed by atoms with Gasteiger partial charge in [0.15, 0.2) is 6.23 Å². The number of fused-ring (bicyclic) bond motifs is 5. The smallest absolute Gasteiger partial charge is 0.180 e. The van der Waals surface area contributed by atoms with Gasteiger partial charge in [-0.2, -0.15) is 0 Å². The number of aliphatic hydroxyl groups excluding tert-OH is 1. The minimum Gasteiger partial charge on any atom is -0.396 e. The summed E-state index contributed by atoms with van der Waals surface area (Å²) >= 11 is 0. The number of nitrogens with zero attached hydrogens (tertiary/aromatic N) is 2. The fourth-order valence-corrected chi connectivity index (χ4v) is 7.99. The van der Waals surface area contributed by atoms with E-state index in [-0.39, 0.29) is 17.7 Å². The SMILES string of the molecule is CC12CCC3C(CCC4CC(=NOCCC5N=C(CN)NO5)CCC43C)C1CCC2O. The van der Waals surface area contributed by atoms with Crippen molar-refractivity contribution in [3.63, 3.8) is 0 Å². The number of rotatable bonds is 5. The molecule has 1 heterocycles. The van der Waals surface area contributed by atoms with Gasteiger partial charge in [0.1, 0.15) is 12.4 Å². The molecule has 0 radical (unpaired) electrons. The van der Waals surface area contributed by atoms with Gasteiger partial charge >= 0.3 is 0 Å². The summed E-state index contributed by atoms with van der Waals surface area (Å²) in [5.74, 6) is 3.77. The Morgan fingerprint density at radius 2 is 2.00 bits per heavy atom. The molecule has 0 amide bonds. The van der Waals surface area contributed by atoms with Crippen molar-refractivity contribution in [2.75, 3.05) is 13.2 Å². The second-order valence-corrected chi connectivity index (χ2v) is 11.2. The Labute approximate surface area is 186 Å². The van der Waals surface area contributed by atoms with Crippen LogP contribution in [0.4, 0.5) is 0 Å². The lowest BCUT2D eigenvalue weighted by Gasteiger charge is -2.60. The lowest BCUT2D eigenvalue weighted by Crippen LogP contribution is -2.54. The third-order valence-electron chi connectivity index (χ3n) is 9.91. The van der Waals surface area contributed by atoms with Gasteiger partial charge in [-0.3, -0.25) is 0 Å². The van der Waals surface area contributed by atoms with E-state index in [0.29, 0.717) is 30.8 Å². The fourth-order valence-electron chi connectivity index (χ4n) is 7.99. The molecular formula is C24H40N4O3. The molecule has 5 aliphatic rings. The second kappa shape index (κ2) is 8.31. The molecule has 7 nitrogen and oxygen atoms in total. The Hall–Kier alpha value is -1.18. The Bertz CT molecular complexity index is 742. The van der Waals surface area contributed by atoms with Crippen LogP contribution in [0.5, 0.6) is 0 Å². The Morgan fingerprint density at radius 3 is 2.81 bits per heavy atom.